The fourth-order valence-corrected chi connectivity index (χ4v) is 2.45. The zero-order valence-corrected chi connectivity index (χ0v) is 8.67. The molecular weight excluding hydrogens is 150 g/mol. The molecule has 0 aromatic rings. The summed E-state index contributed by atoms with van der Waals surface area (Å²) in [4.78, 5) is 2.48. The van der Waals surface area contributed by atoms with E-state index in [0.717, 1.165) is 13.0 Å². The second-order valence-electron chi connectivity index (χ2n) is 4.81. The minimum Gasteiger partial charge on any atom is -0.396 e. The van der Waals surface area contributed by atoms with Crippen LogP contribution in [0.25, 0.3) is 0 Å². The summed E-state index contributed by atoms with van der Waals surface area (Å²) in [5.41, 5.74) is 0.279. The topological polar surface area (TPSA) is 23.5 Å². The van der Waals surface area contributed by atoms with Crippen molar-refractivity contribution in [3.63, 3.8) is 0 Å². The maximum absolute atomic E-state index is 9.07. The number of hydrogen-bond donors (Lipinski definition) is 1. The predicted molar refractivity (Wildman–Crippen MR) is 51.1 cm³/mol. The summed E-state index contributed by atoms with van der Waals surface area (Å²) in [5, 5.41) is 9.07. The number of aliphatic hydroxyl groups is 1. The maximum Gasteiger partial charge on any atom is 0.0472 e. The molecule has 1 unspecified atom stereocenters. The Morgan fingerprint density at radius 1 is 1.50 bits per heavy atom. The first-order valence-corrected chi connectivity index (χ1v) is 4.85. The third-order valence-corrected chi connectivity index (χ3v) is 2.90. The number of aliphatic hydroxyl groups excluding tert-OH is 1. The van der Waals surface area contributed by atoms with E-state index in [2.05, 4.69) is 32.6 Å². The fourth-order valence-electron chi connectivity index (χ4n) is 2.45. The van der Waals surface area contributed by atoms with Crippen LogP contribution in [-0.2, 0) is 0 Å². The van der Waals surface area contributed by atoms with Gasteiger partial charge in [-0.15, -0.1) is 0 Å². The molecule has 0 saturated carbocycles. The van der Waals surface area contributed by atoms with E-state index in [1.165, 1.54) is 0 Å². The summed E-state index contributed by atoms with van der Waals surface area (Å²) < 4.78 is 0. The molecule has 0 aromatic heterocycles. The average Bonchev–Trinajstić information content (AvgIpc) is 2.25. The number of rotatable bonds is 2. The summed E-state index contributed by atoms with van der Waals surface area (Å²) in [5.74, 6) is 0.488. The van der Waals surface area contributed by atoms with E-state index in [1.54, 1.807) is 0 Å². The van der Waals surface area contributed by atoms with Gasteiger partial charge in [0.05, 0.1) is 0 Å². The molecule has 0 spiro atoms. The van der Waals surface area contributed by atoms with Crippen molar-refractivity contribution >= 4 is 0 Å². The minimum absolute atomic E-state index is 0.279. The van der Waals surface area contributed by atoms with Gasteiger partial charge in [-0.25, -0.2) is 0 Å². The van der Waals surface area contributed by atoms with Gasteiger partial charge >= 0.3 is 0 Å². The molecule has 2 nitrogen and oxygen atoms in total. The van der Waals surface area contributed by atoms with E-state index in [1.807, 2.05) is 0 Å². The largest absolute Gasteiger partial charge is 0.396 e. The quantitative estimate of drug-likeness (QED) is 0.680. The van der Waals surface area contributed by atoms with Crippen LogP contribution in [0.1, 0.15) is 34.1 Å². The Morgan fingerprint density at radius 2 is 2.08 bits per heavy atom. The van der Waals surface area contributed by atoms with Gasteiger partial charge in [-0.05, 0) is 40.0 Å². The number of hydrogen-bond acceptors (Lipinski definition) is 2. The van der Waals surface area contributed by atoms with E-state index < -0.39 is 0 Å². The molecular formula is C10H21NO. The fraction of sp³-hybridized carbons (Fsp3) is 1.00. The Morgan fingerprint density at radius 3 is 2.33 bits per heavy atom. The Bertz CT molecular complexity index is 154. The Labute approximate surface area is 75.6 Å². The summed E-state index contributed by atoms with van der Waals surface area (Å²) in [7, 11) is 0. The summed E-state index contributed by atoms with van der Waals surface area (Å²) in [6.07, 6.45) is 1.13. The van der Waals surface area contributed by atoms with Crippen molar-refractivity contribution in [1.29, 1.82) is 0 Å². The third-order valence-electron chi connectivity index (χ3n) is 2.90. The van der Waals surface area contributed by atoms with Gasteiger partial charge in [-0.2, -0.15) is 0 Å². The zero-order valence-electron chi connectivity index (χ0n) is 8.67. The van der Waals surface area contributed by atoms with E-state index >= 15 is 0 Å². The van der Waals surface area contributed by atoms with E-state index in [4.69, 9.17) is 5.11 Å². The van der Waals surface area contributed by atoms with Gasteiger partial charge in [0.25, 0.3) is 0 Å². The molecule has 0 radical (unpaired) electrons. The molecule has 72 valence electrons. The lowest BCUT2D eigenvalue weighted by Gasteiger charge is -2.34. The molecule has 1 aliphatic heterocycles. The van der Waals surface area contributed by atoms with Crippen molar-refractivity contribution in [2.75, 3.05) is 13.2 Å². The first-order chi connectivity index (χ1) is 5.47. The molecule has 0 aliphatic carbocycles. The summed E-state index contributed by atoms with van der Waals surface area (Å²) >= 11 is 0. The second-order valence-corrected chi connectivity index (χ2v) is 4.81. The van der Waals surface area contributed by atoms with Crippen LogP contribution >= 0.6 is 0 Å². The Balaban J connectivity index is 2.64. The van der Waals surface area contributed by atoms with Crippen LogP contribution in [0.4, 0.5) is 0 Å². The van der Waals surface area contributed by atoms with Crippen LogP contribution in [0.3, 0.4) is 0 Å². The van der Waals surface area contributed by atoms with Crippen molar-refractivity contribution in [3.8, 4) is 0 Å². The smallest absolute Gasteiger partial charge is 0.0472 e. The van der Waals surface area contributed by atoms with Crippen molar-refractivity contribution in [2.45, 2.75) is 45.7 Å². The minimum atomic E-state index is 0.279. The lowest BCUT2D eigenvalue weighted by molar-refractivity contribution is 0.132. The maximum atomic E-state index is 9.07. The van der Waals surface area contributed by atoms with Gasteiger partial charge in [-0.3, -0.25) is 4.90 Å². The molecule has 1 N–H and O–H groups in total. The van der Waals surface area contributed by atoms with Gasteiger partial charge in [0.1, 0.15) is 0 Å². The summed E-state index contributed by atoms with van der Waals surface area (Å²) in [6, 6.07) is 0.594. The van der Waals surface area contributed by atoms with Crippen LogP contribution in [0.2, 0.25) is 0 Å². The van der Waals surface area contributed by atoms with Crippen molar-refractivity contribution < 1.29 is 5.11 Å². The molecule has 1 heterocycles. The Hall–Kier alpha value is -0.0800. The molecule has 12 heavy (non-hydrogen) atoms. The highest BCUT2D eigenvalue weighted by Crippen LogP contribution is 2.33. The molecule has 1 aliphatic rings. The second kappa shape index (κ2) is 3.35. The van der Waals surface area contributed by atoms with Crippen LogP contribution in [0, 0.1) is 5.92 Å². The molecule has 2 heteroatoms. The van der Waals surface area contributed by atoms with Gasteiger partial charge in [-0.1, -0.05) is 0 Å². The van der Waals surface area contributed by atoms with Gasteiger partial charge in [0.15, 0.2) is 0 Å². The first-order valence-electron chi connectivity index (χ1n) is 4.85. The molecule has 1 saturated heterocycles. The van der Waals surface area contributed by atoms with Crippen molar-refractivity contribution in [2.24, 2.45) is 5.92 Å². The number of likely N-dealkylation sites (tertiary alicyclic amines) is 1. The number of nitrogens with zero attached hydrogens (tertiary/aromatic N) is 1. The molecule has 0 bridgehead atoms. The SMILES string of the molecule is CC(C)N1CC(CO)CC1(C)C. The van der Waals surface area contributed by atoms with Gasteiger partial charge in [0.2, 0.25) is 0 Å². The monoisotopic (exact) mass is 171 g/mol. The highest BCUT2D eigenvalue weighted by Gasteiger charge is 2.38. The lowest BCUT2D eigenvalue weighted by atomic mass is 9.96. The molecule has 0 aromatic carbocycles. The van der Waals surface area contributed by atoms with Crippen LogP contribution in [0.5, 0.6) is 0 Å². The highest BCUT2D eigenvalue weighted by molar-refractivity contribution is 4.93. The molecule has 0 amide bonds. The van der Waals surface area contributed by atoms with Gasteiger partial charge in [0, 0.05) is 24.7 Å². The highest BCUT2D eigenvalue weighted by atomic mass is 16.3. The standard InChI is InChI=1S/C10H21NO/c1-8(2)11-6-9(7-12)5-10(11,3)4/h8-9,12H,5-7H2,1-4H3. The van der Waals surface area contributed by atoms with Crippen LogP contribution < -0.4 is 0 Å². The van der Waals surface area contributed by atoms with Crippen LogP contribution in [0.15, 0.2) is 0 Å². The first kappa shape index (κ1) is 10.0. The molecule has 1 atom stereocenters. The lowest BCUT2D eigenvalue weighted by Crippen LogP contribution is -2.42. The zero-order chi connectivity index (χ0) is 9.35. The third kappa shape index (κ3) is 1.80. The van der Waals surface area contributed by atoms with Crippen molar-refractivity contribution in [3.05, 3.63) is 0 Å². The Kier molecular flexibility index (Phi) is 2.79. The predicted octanol–water partition coefficient (Wildman–Crippen LogP) is 1.49. The van der Waals surface area contributed by atoms with Crippen LogP contribution in [-0.4, -0.2) is 34.7 Å². The average molecular weight is 171 g/mol. The normalized spacial score (nSPS) is 30.0. The van der Waals surface area contributed by atoms with Crippen molar-refractivity contribution in [1.82, 2.24) is 4.90 Å². The summed E-state index contributed by atoms with van der Waals surface area (Å²) in [6.45, 7) is 10.4. The molecule has 1 fully saturated rings. The van der Waals surface area contributed by atoms with E-state index in [9.17, 15) is 0 Å². The van der Waals surface area contributed by atoms with E-state index in [-0.39, 0.29) is 5.54 Å². The van der Waals surface area contributed by atoms with E-state index in [0.29, 0.717) is 18.6 Å². The molecule has 1 rings (SSSR count). The van der Waals surface area contributed by atoms with Gasteiger partial charge < -0.3 is 5.11 Å².